The SMILES string of the molecule is CCOC(=O)c1cccc(NC(c2c(C(=O)OCC)cc3ccccn23)P(=O)(OCC)OCC)c1. The van der Waals surface area contributed by atoms with Crippen LogP contribution in [0, 0.1) is 0 Å². The monoisotopic (exact) mass is 502 g/mol. The van der Waals surface area contributed by atoms with Crippen LogP contribution in [0.3, 0.4) is 0 Å². The molecule has 0 aliphatic carbocycles. The van der Waals surface area contributed by atoms with E-state index in [0.717, 1.165) is 0 Å². The van der Waals surface area contributed by atoms with E-state index < -0.39 is 25.3 Å². The number of fused-ring (bicyclic) bond motifs is 1. The van der Waals surface area contributed by atoms with Gasteiger partial charge in [0.2, 0.25) is 0 Å². The van der Waals surface area contributed by atoms with E-state index in [1.807, 2.05) is 12.1 Å². The lowest BCUT2D eigenvalue weighted by Gasteiger charge is -2.28. The van der Waals surface area contributed by atoms with Gasteiger partial charge in [-0.15, -0.1) is 0 Å². The first-order valence-corrected chi connectivity index (χ1v) is 13.2. The maximum Gasteiger partial charge on any atom is 0.358 e. The van der Waals surface area contributed by atoms with Gasteiger partial charge in [-0.2, -0.15) is 0 Å². The van der Waals surface area contributed by atoms with Crippen LogP contribution in [0.2, 0.25) is 0 Å². The number of carbonyl (C=O) groups excluding carboxylic acids is 2. The molecule has 1 atom stereocenters. The average Bonchev–Trinajstić information content (AvgIpc) is 3.23. The summed E-state index contributed by atoms with van der Waals surface area (Å²) in [6.45, 7) is 7.53. The Morgan fingerprint density at radius 1 is 0.886 bits per heavy atom. The average molecular weight is 503 g/mol. The predicted molar refractivity (Wildman–Crippen MR) is 133 cm³/mol. The van der Waals surface area contributed by atoms with E-state index in [1.54, 1.807) is 74.7 Å². The first-order valence-electron chi connectivity index (χ1n) is 11.6. The highest BCUT2D eigenvalue weighted by atomic mass is 31.2. The second-order valence-electron chi connectivity index (χ2n) is 7.38. The summed E-state index contributed by atoms with van der Waals surface area (Å²) in [5.74, 6) is -2.13. The Morgan fingerprint density at radius 3 is 2.23 bits per heavy atom. The minimum atomic E-state index is -3.88. The summed E-state index contributed by atoms with van der Waals surface area (Å²) < 4.78 is 37.7. The molecule has 0 saturated carbocycles. The third-order valence-electron chi connectivity index (χ3n) is 5.08. The summed E-state index contributed by atoms with van der Waals surface area (Å²) >= 11 is 0. The smallest absolute Gasteiger partial charge is 0.358 e. The molecule has 3 rings (SSSR count). The Balaban J connectivity index is 2.21. The number of aromatic nitrogens is 1. The van der Waals surface area contributed by atoms with E-state index in [9.17, 15) is 14.2 Å². The van der Waals surface area contributed by atoms with Gasteiger partial charge >= 0.3 is 19.5 Å². The molecule has 0 aliphatic heterocycles. The van der Waals surface area contributed by atoms with Crippen molar-refractivity contribution in [2.45, 2.75) is 33.5 Å². The molecule has 0 fully saturated rings. The second kappa shape index (κ2) is 12.0. The minimum absolute atomic E-state index is 0.121. The van der Waals surface area contributed by atoms with Gasteiger partial charge in [-0.1, -0.05) is 12.1 Å². The molecule has 2 heterocycles. The molecule has 0 spiro atoms. The summed E-state index contributed by atoms with van der Waals surface area (Å²) in [4.78, 5) is 25.2. The fourth-order valence-electron chi connectivity index (χ4n) is 3.75. The highest BCUT2D eigenvalue weighted by molar-refractivity contribution is 7.54. The quantitative estimate of drug-likeness (QED) is 0.250. The molecule has 0 radical (unpaired) electrons. The Bertz CT molecular complexity index is 1210. The number of hydrogen-bond donors (Lipinski definition) is 1. The molecular weight excluding hydrogens is 471 g/mol. The van der Waals surface area contributed by atoms with Crippen LogP contribution in [0.15, 0.2) is 54.7 Å². The van der Waals surface area contributed by atoms with Crippen molar-refractivity contribution in [1.29, 1.82) is 0 Å². The van der Waals surface area contributed by atoms with E-state index >= 15 is 0 Å². The van der Waals surface area contributed by atoms with Gasteiger partial charge in [0.25, 0.3) is 0 Å². The maximum atomic E-state index is 14.1. The van der Waals surface area contributed by atoms with Crippen molar-refractivity contribution in [2.75, 3.05) is 31.7 Å². The summed E-state index contributed by atoms with van der Waals surface area (Å²) in [6.07, 6.45) is 1.76. The lowest BCUT2D eigenvalue weighted by atomic mass is 10.2. The van der Waals surface area contributed by atoms with Crippen LogP contribution in [-0.4, -0.2) is 42.8 Å². The van der Waals surface area contributed by atoms with E-state index in [1.165, 1.54) is 0 Å². The molecule has 0 amide bonds. The van der Waals surface area contributed by atoms with E-state index in [2.05, 4.69) is 5.32 Å². The van der Waals surface area contributed by atoms with Crippen molar-refractivity contribution in [1.82, 2.24) is 4.40 Å². The number of carbonyl (C=O) groups is 2. The van der Waals surface area contributed by atoms with Gasteiger partial charge < -0.3 is 28.2 Å². The maximum absolute atomic E-state index is 14.1. The molecular formula is C25H31N2O7P. The van der Waals surface area contributed by atoms with Gasteiger partial charge in [-0.25, -0.2) is 9.59 Å². The Hall–Kier alpha value is -3.13. The summed E-state index contributed by atoms with van der Waals surface area (Å²) in [5, 5.41) is 3.21. The molecule has 2 aromatic heterocycles. The van der Waals surface area contributed by atoms with Gasteiger partial charge in [-0.3, -0.25) is 4.57 Å². The molecule has 35 heavy (non-hydrogen) atoms. The topological polar surface area (TPSA) is 105 Å². The molecule has 1 unspecified atom stereocenters. The van der Waals surface area contributed by atoms with Crippen LogP contribution in [0.4, 0.5) is 5.69 Å². The number of nitrogens with one attached hydrogen (secondary N) is 1. The van der Waals surface area contributed by atoms with Crippen molar-refractivity contribution in [3.8, 4) is 0 Å². The normalized spacial score (nSPS) is 12.3. The molecule has 188 valence electrons. The number of anilines is 1. The highest BCUT2D eigenvalue weighted by Gasteiger charge is 2.41. The highest BCUT2D eigenvalue weighted by Crippen LogP contribution is 2.61. The fourth-order valence-corrected chi connectivity index (χ4v) is 5.71. The van der Waals surface area contributed by atoms with Crippen LogP contribution in [0.1, 0.15) is 59.9 Å². The number of rotatable bonds is 12. The van der Waals surface area contributed by atoms with Crippen molar-refractivity contribution < 1.29 is 32.7 Å². The van der Waals surface area contributed by atoms with Gasteiger partial charge in [0.15, 0.2) is 5.78 Å². The predicted octanol–water partition coefficient (Wildman–Crippen LogP) is 5.67. The van der Waals surface area contributed by atoms with Crippen molar-refractivity contribution >= 4 is 30.7 Å². The number of benzene rings is 1. The van der Waals surface area contributed by atoms with E-state index in [-0.39, 0.29) is 32.0 Å². The molecule has 3 aromatic rings. The second-order valence-corrected chi connectivity index (χ2v) is 9.50. The number of pyridine rings is 1. The number of hydrogen-bond acceptors (Lipinski definition) is 8. The van der Waals surface area contributed by atoms with Crippen molar-refractivity contribution in [3.63, 3.8) is 0 Å². The fraction of sp³-hybridized carbons (Fsp3) is 0.360. The standard InChI is InChI=1S/C25H31N2O7P/c1-5-31-24(28)18-12-11-13-19(16-18)26-23(35(30,33-7-3)34-8-4)22-21(25(29)32-6-2)17-20-14-9-10-15-27(20)22/h9-17,23,26H,5-8H2,1-4H3. The lowest BCUT2D eigenvalue weighted by molar-refractivity contribution is 0.0516. The summed E-state index contributed by atoms with van der Waals surface area (Å²) in [5.41, 5.74) is 2.10. The first kappa shape index (κ1) is 26.5. The number of ether oxygens (including phenoxy) is 2. The largest absolute Gasteiger partial charge is 0.462 e. The van der Waals surface area contributed by atoms with Crippen LogP contribution >= 0.6 is 7.60 Å². The van der Waals surface area contributed by atoms with Crippen molar-refractivity contribution in [3.05, 3.63) is 71.5 Å². The number of nitrogens with zero attached hydrogens (tertiary/aromatic N) is 1. The Kier molecular flexibility index (Phi) is 9.09. The zero-order valence-electron chi connectivity index (χ0n) is 20.4. The molecule has 0 saturated heterocycles. The molecule has 0 bridgehead atoms. The van der Waals surface area contributed by atoms with Gasteiger partial charge in [0.05, 0.1) is 43.2 Å². The van der Waals surface area contributed by atoms with Crippen LogP contribution < -0.4 is 5.32 Å². The minimum Gasteiger partial charge on any atom is -0.462 e. The van der Waals surface area contributed by atoms with Gasteiger partial charge in [0, 0.05) is 17.4 Å². The van der Waals surface area contributed by atoms with Gasteiger partial charge in [-0.05, 0) is 64.1 Å². The van der Waals surface area contributed by atoms with E-state index in [0.29, 0.717) is 22.5 Å². The third-order valence-corrected chi connectivity index (χ3v) is 7.33. The Morgan fingerprint density at radius 2 is 1.57 bits per heavy atom. The van der Waals surface area contributed by atoms with Crippen LogP contribution in [0.25, 0.3) is 5.52 Å². The third kappa shape index (κ3) is 5.93. The summed E-state index contributed by atoms with van der Waals surface area (Å²) in [6, 6.07) is 13.8. The molecule has 0 aliphatic rings. The van der Waals surface area contributed by atoms with E-state index in [4.69, 9.17) is 18.5 Å². The molecule has 10 heteroatoms. The van der Waals surface area contributed by atoms with Crippen LogP contribution in [0.5, 0.6) is 0 Å². The zero-order valence-corrected chi connectivity index (χ0v) is 21.2. The lowest BCUT2D eigenvalue weighted by Crippen LogP contribution is -2.20. The molecule has 9 nitrogen and oxygen atoms in total. The molecule has 1 N–H and O–H groups in total. The van der Waals surface area contributed by atoms with Gasteiger partial charge in [0.1, 0.15) is 0 Å². The first-order chi connectivity index (χ1) is 16.9. The number of esters is 2. The molecule has 1 aromatic carbocycles. The van der Waals surface area contributed by atoms with Crippen molar-refractivity contribution in [2.24, 2.45) is 0 Å². The van der Waals surface area contributed by atoms with Crippen LogP contribution in [-0.2, 0) is 23.1 Å². The summed E-state index contributed by atoms with van der Waals surface area (Å²) in [7, 11) is -3.88. The zero-order chi connectivity index (χ0) is 25.4. The Labute approximate surface area is 204 Å².